The van der Waals surface area contributed by atoms with E-state index in [1.54, 1.807) is 0 Å². The van der Waals surface area contributed by atoms with E-state index in [0.29, 0.717) is 24.4 Å². The van der Waals surface area contributed by atoms with E-state index in [1.807, 2.05) is 20.8 Å². The molecule has 1 rings (SSSR count). The lowest BCUT2D eigenvalue weighted by atomic mass is 10.1. The number of anilines is 3. The quantitative estimate of drug-likeness (QED) is 0.524. The molecule has 0 amide bonds. The summed E-state index contributed by atoms with van der Waals surface area (Å²) >= 11 is 0. The number of hydrogen-bond acceptors (Lipinski definition) is 7. The van der Waals surface area contributed by atoms with Gasteiger partial charge < -0.3 is 21.7 Å². The van der Waals surface area contributed by atoms with E-state index in [2.05, 4.69) is 37.8 Å². The van der Waals surface area contributed by atoms with Gasteiger partial charge in [0.25, 0.3) is 0 Å². The Kier molecular flexibility index (Phi) is 7.74. The van der Waals surface area contributed by atoms with Crippen LogP contribution in [0.1, 0.15) is 47.0 Å². The van der Waals surface area contributed by atoms with Gasteiger partial charge in [-0.3, -0.25) is 0 Å². The van der Waals surface area contributed by atoms with Crippen molar-refractivity contribution in [3.63, 3.8) is 0 Å². The second-order valence-electron chi connectivity index (χ2n) is 5.42. The van der Waals surface area contributed by atoms with Gasteiger partial charge >= 0.3 is 0 Å². The highest BCUT2D eigenvalue weighted by molar-refractivity contribution is 5.42. The van der Waals surface area contributed by atoms with Gasteiger partial charge in [0.2, 0.25) is 17.8 Å². The van der Waals surface area contributed by atoms with Crippen LogP contribution in [0.3, 0.4) is 0 Å². The van der Waals surface area contributed by atoms with Crippen LogP contribution in [0, 0.1) is 0 Å². The Morgan fingerprint density at radius 2 is 1.62 bits per heavy atom. The van der Waals surface area contributed by atoms with Gasteiger partial charge in [0, 0.05) is 25.2 Å². The maximum Gasteiger partial charge on any atom is 0.229 e. The normalized spacial score (nSPS) is 12.3. The minimum absolute atomic E-state index is 0.116. The molecule has 0 fully saturated rings. The summed E-state index contributed by atoms with van der Waals surface area (Å²) in [7, 11) is 0. The van der Waals surface area contributed by atoms with Crippen LogP contribution in [0.5, 0.6) is 0 Å². The van der Waals surface area contributed by atoms with Crippen molar-refractivity contribution in [2.45, 2.75) is 59.0 Å². The molecule has 7 heteroatoms. The molecule has 7 nitrogen and oxygen atoms in total. The summed E-state index contributed by atoms with van der Waals surface area (Å²) < 4.78 is 0. The van der Waals surface area contributed by atoms with Crippen LogP contribution in [0.25, 0.3) is 0 Å². The number of nitrogens with two attached hydrogens (primary N) is 1. The molecule has 0 radical (unpaired) electrons. The van der Waals surface area contributed by atoms with Crippen molar-refractivity contribution in [1.29, 1.82) is 0 Å². The number of nitrogens with one attached hydrogen (secondary N) is 3. The third kappa shape index (κ3) is 7.08. The summed E-state index contributed by atoms with van der Waals surface area (Å²) in [6.45, 7) is 9.69. The lowest BCUT2D eigenvalue weighted by molar-refractivity contribution is 0.594. The average Bonchev–Trinajstić information content (AvgIpc) is 2.42. The average molecular weight is 295 g/mol. The summed E-state index contributed by atoms with van der Waals surface area (Å²) in [6.07, 6.45) is 3.31. The maximum absolute atomic E-state index is 6.06. The van der Waals surface area contributed by atoms with E-state index >= 15 is 0 Å². The van der Waals surface area contributed by atoms with Gasteiger partial charge in [0.15, 0.2) is 0 Å². The smallest absolute Gasteiger partial charge is 0.229 e. The fourth-order valence-corrected chi connectivity index (χ4v) is 1.81. The minimum atomic E-state index is 0.116. The molecule has 1 unspecified atom stereocenters. The van der Waals surface area contributed by atoms with E-state index in [9.17, 15) is 0 Å². The summed E-state index contributed by atoms with van der Waals surface area (Å²) in [5, 5.41) is 9.50. The first-order chi connectivity index (χ1) is 10.0. The molecule has 0 aliphatic rings. The first-order valence-electron chi connectivity index (χ1n) is 7.81. The summed E-state index contributed by atoms with van der Waals surface area (Å²) in [5.41, 5.74) is 6.06. The van der Waals surface area contributed by atoms with Crippen molar-refractivity contribution in [2.75, 3.05) is 29.0 Å². The van der Waals surface area contributed by atoms with Crippen molar-refractivity contribution in [2.24, 2.45) is 5.73 Å². The SMILES string of the molecule is CCCCC(N)CNc1nc(NCC)nc(NC(C)C)n1. The fraction of sp³-hybridized carbons (Fsp3) is 0.786. The molecule has 0 saturated heterocycles. The van der Waals surface area contributed by atoms with E-state index in [0.717, 1.165) is 25.8 Å². The number of hydrogen-bond donors (Lipinski definition) is 4. The summed E-state index contributed by atoms with van der Waals surface area (Å²) in [4.78, 5) is 13.0. The van der Waals surface area contributed by atoms with E-state index < -0.39 is 0 Å². The fourth-order valence-electron chi connectivity index (χ4n) is 1.81. The summed E-state index contributed by atoms with van der Waals surface area (Å²) in [6, 6.07) is 0.382. The first kappa shape index (κ1) is 17.4. The van der Waals surface area contributed by atoms with Crippen molar-refractivity contribution < 1.29 is 0 Å². The van der Waals surface area contributed by atoms with Gasteiger partial charge in [0.1, 0.15) is 0 Å². The van der Waals surface area contributed by atoms with Crippen LogP contribution in [0.2, 0.25) is 0 Å². The molecule has 0 spiro atoms. The van der Waals surface area contributed by atoms with Gasteiger partial charge in [-0.2, -0.15) is 15.0 Å². The molecule has 1 heterocycles. The van der Waals surface area contributed by atoms with E-state index in [4.69, 9.17) is 5.73 Å². The standard InChI is InChI=1S/C14H29N7/c1-5-7-8-11(15)9-17-13-19-12(16-6-2)20-14(21-13)18-10(3)4/h10-11H,5-9,15H2,1-4H3,(H3,16,17,18,19,20,21). The molecule has 0 aliphatic heterocycles. The molecule has 1 aromatic heterocycles. The largest absolute Gasteiger partial charge is 0.354 e. The topological polar surface area (TPSA) is 101 Å². The second-order valence-corrected chi connectivity index (χ2v) is 5.42. The van der Waals surface area contributed by atoms with Gasteiger partial charge in [-0.1, -0.05) is 19.8 Å². The van der Waals surface area contributed by atoms with Crippen LogP contribution in [0.15, 0.2) is 0 Å². The molecule has 5 N–H and O–H groups in total. The van der Waals surface area contributed by atoms with E-state index in [-0.39, 0.29) is 12.1 Å². The monoisotopic (exact) mass is 295 g/mol. The number of nitrogens with zero attached hydrogens (tertiary/aromatic N) is 3. The molecule has 0 bridgehead atoms. The molecule has 21 heavy (non-hydrogen) atoms. The number of unbranched alkanes of at least 4 members (excludes halogenated alkanes) is 1. The van der Waals surface area contributed by atoms with Crippen molar-refractivity contribution in [1.82, 2.24) is 15.0 Å². The second kappa shape index (κ2) is 9.33. The van der Waals surface area contributed by atoms with Crippen LogP contribution >= 0.6 is 0 Å². The Morgan fingerprint density at radius 1 is 1.00 bits per heavy atom. The Bertz CT molecular complexity index is 408. The Labute approximate surface area is 127 Å². The van der Waals surface area contributed by atoms with Gasteiger partial charge in [-0.25, -0.2) is 0 Å². The third-order valence-electron chi connectivity index (χ3n) is 2.84. The van der Waals surface area contributed by atoms with E-state index in [1.165, 1.54) is 0 Å². The molecule has 1 atom stereocenters. The zero-order valence-electron chi connectivity index (χ0n) is 13.6. The Hall–Kier alpha value is -1.63. The highest BCUT2D eigenvalue weighted by Crippen LogP contribution is 2.10. The van der Waals surface area contributed by atoms with Crippen LogP contribution < -0.4 is 21.7 Å². The zero-order chi connectivity index (χ0) is 15.7. The van der Waals surface area contributed by atoms with Crippen LogP contribution in [-0.2, 0) is 0 Å². The lowest BCUT2D eigenvalue weighted by Crippen LogP contribution is -2.29. The molecular formula is C14H29N7. The highest BCUT2D eigenvalue weighted by Gasteiger charge is 2.08. The van der Waals surface area contributed by atoms with Crippen molar-refractivity contribution >= 4 is 17.8 Å². The predicted molar refractivity (Wildman–Crippen MR) is 88.7 cm³/mol. The maximum atomic E-state index is 6.06. The minimum Gasteiger partial charge on any atom is -0.354 e. The number of rotatable bonds is 10. The van der Waals surface area contributed by atoms with Crippen molar-refractivity contribution in [3.05, 3.63) is 0 Å². The zero-order valence-corrected chi connectivity index (χ0v) is 13.6. The molecule has 120 valence electrons. The van der Waals surface area contributed by atoms with Gasteiger partial charge in [-0.15, -0.1) is 0 Å². The Balaban J connectivity index is 2.68. The molecule has 1 aromatic rings. The highest BCUT2D eigenvalue weighted by atomic mass is 15.3. The molecule has 0 saturated carbocycles. The van der Waals surface area contributed by atoms with Crippen LogP contribution in [-0.4, -0.2) is 40.1 Å². The predicted octanol–water partition coefficient (Wildman–Crippen LogP) is 2.05. The van der Waals surface area contributed by atoms with Gasteiger partial charge in [0.05, 0.1) is 0 Å². The number of aromatic nitrogens is 3. The molecule has 0 aliphatic carbocycles. The molecule has 0 aromatic carbocycles. The third-order valence-corrected chi connectivity index (χ3v) is 2.84. The van der Waals surface area contributed by atoms with Crippen molar-refractivity contribution in [3.8, 4) is 0 Å². The summed E-state index contributed by atoms with van der Waals surface area (Å²) in [5.74, 6) is 1.69. The lowest BCUT2D eigenvalue weighted by Gasteiger charge is -2.14. The Morgan fingerprint density at radius 3 is 2.19 bits per heavy atom. The van der Waals surface area contributed by atoms with Gasteiger partial charge in [-0.05, 0) is 27.2 Å². The molecular weight excluding hydrogens is 266 g/mol. The first-order valence-corrected chi connectivity index (χ1v) is 7.81. The van der Waals surface area contributed by atoms with Crippen LogP contribution in [0.4, 0.5) is 17.8 Å².